The Kier molecular flexibility index (Phi) is 3.85. The number of rotatable bonds is 4. The van der Waals surface area contributed by atoms with Crippen molar-refractivity contribution >= 4 is 34.6 Å². The van der Waals surface area contributed by atoms with Crippen molar-refractivity contribution in [3.8, 4) is 0 Å². The molecule has 9 nitrogen and oxygen atoms in total. The summed E-state index contributed by atoms with van der Waals surface area (Å²) in [6.07, 6.45) is 3.41. The van der Waals surface area contributed by atoms with Crippen molar-refractivity contribution in [3.05, 3.63) is 35.7 Å². The van der Waals surface area contributed by atoms with Gasteiger partial charge in [-0.1, -0.05) is 5.21 Å². The molecule has 2 aliphatic heterocycles. The topological polar surface area (TPSA) is 97.1 Å². The lowest BCUT2D eigenvalue weighted by molar-refractivity contribution is -0.128. The first-order chi connectivity index (χ1) is 13.2. The van der Waals surface area contributed by atoms with Crippen LogP contribution >= 0.6 is 11.7 Å². The average Bonchev–Trinajstić information content (AvgIpc) is 3.35. The largest absolute Gasteiger partial charge is 0.337 e. The molecule has 2 amide bonds. The Morgan fingerprint density at radius 3 is 2.89 bits per heavy atom. The van der Waals surface area contributed by atoms with E-state index in [1.807, 2.05) is 17.2 Å². The number of nitrogens with zero attached hydrogens (tertiary/aromatic N) is 7. The van der Waals surface area contributed by atoms with Gasteiger partial charge in [-0.2, -0.15) is 8.75 Å². The van der Waals surface area contributed by atoms with Crippen molar-refractivity contribution in [2.24, 2.45) is 0 Å². The molecule has 27 heavy (non-hydrogen) atoms. The lowest BCUT2D eigenvalue weighted by Crippen LogP contribution is -2.50. The highest BCUT2D eigenvalue weighted by molar-refractivity contribution is 7.00. The molecule has 2 aromatic heterocycles. The Balaban J connectivity index is 1.21. The fourth-order valence-corrected chi connectivity index (χ4v) is 4.03. The summed E-state index contributed by atoms with van der Waals surface area (Å²) in [5.74, 6) is 0.168. The summed E-state index contributed by atoms with van der Waals surface area (Å²) in [5, 5.41) is 8.35. The number of hydrogen-bond acceptors (Lipinski definition) is 7. The van der Waals surface area contributed by atoms with E-state index in [9.17, 15) is 9.59 Å². The highest BCUT2D eigenvalue weighted by atomic mass is 32.1. The molecule has 0 spiro atoms. The van der Waals surface area contributed by atoms with Crippen LogP contribution in [0, 0.1) is 0 Å². The number of carbonyl (C=O) groups is 2. The minimum atomic E-state index is -0.0100. The lowest BCUT2D eigenvalue weighted by Gasteiger charge is -2.38. The highest BCUT2D eigenvalue weighted by Gasteiger charge is 2.33. The Morgan fingerprint density at radius 1 is 1.22 bits per heavy atom. The number of hydrogen-bond donors (Lipinski definition) is 0. The van der Waals surface area contributed by atoms with Crippen LogP contribution in [0.5, 0.6) is 0 Å². The van der Waals surface area contributed by atoms with Crippen molar-refractivity contribution < 1.29 is 9.59 Å². The van der Waals surface area contributed by atoms with Gasteiger partial charge in [0.15, 0.2) is 0 Å². The van der Waals surface area contributed by atoms with E-state index in [1.165, 1.54) is 0 Å². The molecule has 0 saturated carbocycles. The molecule has 0 N–H and O–H groups in total. The summed E-state index contributed by atoms with van der Waals surface area (Å²) < 4.78 is 10.1. The summed E-state index contributed by atoms with van der Waals surface area (Å²) >= 11 is 1.14. The quantitative estimate of drug-likeness (QED) is 0.669. The van der Waals surface area contributed by atoms with Gasteiger partial charge in [0.2, 0.25) is 5.91 Å². The zero-order chi connectivity index (χ0) is 18.4. The van der Waals surface area contributed by atoms with Gasteiger partial charge in [0.25, 0.3) is 5.91 Å². The van der Waals surface area contributed by atoms with Crippen LogP contribution in [-0.2, 0) is 11.3 Å². The molecule has 4 heterocycles. The third kappa shape index (κ3) is 2.95. The number of aromatic nitrogens is 5. The molecule has 5 rings (SSSR count). The minimum Gasteiger partial charge on any atom is -0.337 e. The van der Waals surface area contributed by atoms with Crippen molar-refractivity contribution in [2.45, 2.75) is 25.4 Å². The number of carbonyl (C=O) groups excluding carboxylic acids is 2. The van der Waals surface area contributed by atoms with Crippen LogP contribution in [0.3, 0.4) is 0 Å². The predicted octanol–water partition coefficient (Wildman–Crippen LogP) is 1.10. The molecule has 2 fully saturated rings. The van der Waals surface area contributed by atoms with E-state index in [1.54, 1.807) is 21.7 Å². The summed E-state index contributed by atoms with van der Waals surface area (Å²) in [6, 6.07) is 5.52. The molecule has 3 aromatic rings. The van der Waals surface area contributed by atoms with Gasteiger partial charge >= 0.3 is 0 Å². The second kappa shape index (κ2) is 6.38. The molecule has 2 aliphatic rings. The average molecular weight is 383 g/mol. The van der Waals surface area contributed by atoms with Crippen molar-refractivity contribution in [1.82, 2.24) is 33.5 Å². The molecule has 0 atom stereocenters. The van der Waals surface area contributed by atoms with Crippen LogP contribution in [0.15, 0.2) is 24.4 Å². The molecule has 0 aliphatic carbocycles. The van der Waals surface area contributed by atoms with Crippen molar-refractivity contribution in [2.75, 3.05) is 19.6 Å². The van der Waals surface area contributed by atoms with E-state index < -0.39 is 0 Å². The molecule has 2 saturated heterocycles. The maximum Gasteiger partial charge on any atom is 0.254 e. The number of fused-ring (bicyclic) bond motifs is 1. The van der Waals surface area contributed by atoms with Gasteiger partial charge in [-0.3, -0.25) is 9.59 Å². The van der Waals surface area contributed by atoms with Crippen LogP contribution in [0.4, 0.5) is 0 Å². The van der Waals surface area contributed by atoms with E-state index in [0.717, 1.165) is 41.4 Å². The first-order valence-corrected chi connectivity index (χ1v) is 9.60. The van der Waals surface area contributed by atoms with Gasteiger partial charge in [0.1, 0.15) is 16.7 Å². The highest BCUT2D eigenvalue weighted by Crippen LogP contribution is 2.24. The fourth-order valence-electron chi connectivity index (χ4n) is 3.52. The third-order valence-electron chi connectivity index (χ3n) is 5.11. The van der Waals surface area contributed by atoms with Crippen LogP contribution in [-0.4, -0.2) is 65.0 Å². The van der Waals surface area contributed by atoms with E-state index in [0.29, 0.717) is 31.6 Å². The monoisotopic (exact) mass is 383 g/mol. The number of amides is 2. The van der Waals surface area contributed by atoms with Gasteiger partial charge in [-0.15, -0.1) is 5.10 Å². The zero-order valence-electron chi connectivity index (χ0n) is 14.5. The second-order valence-corrected chi connectivity index (χ2v) is 7.47. The third-order valence-corrected chi connectivity index (χ3v) is 5.66. The molecule has 0 unspecified atom stereocenters. The van der Waals surface area contributed by atoms with E-state index in [-0.39, 0.29) is 17.9 Å². The molecule has 138 valence electrons. The predicted molar refractivity (Wildman–Crippen MR) is 97.0 cm³/mol. The Bertz CT molecular complexity index is 1020. The van der Waals surface area contributed by atoms with Gasteiger partial charge in [0.05, 0.1) is 30.5 Å². The molecular formula is C17H17N7O2S. The summed E-state index contributed by atoms with van der Waals surface area (Å²) in [6.45, 7) is 2.49. The minimum absolute atomic E-state index is 0.0100. The van der Waals surface area contributed by atoms with Gasteiger partial charge < -0.3 is 9.80 Å². The van der Waals surface area contributed by atoms with Crippen LogP contribution < -0.4 is 0 Å². The molecule has 0 bridgehead atoms. The van der Waals surface area contributed by atoms with Crippen LogP contribution in [0.2, 0.25) is 0 Å². The lowest BCUT2D eigenvalue weighted by atomic mass is 10.1. The number of benzene rings is 1. The molecular weight excluding hydrogens is 366 g/mol. The smallest absolute Gasteiger partial charge is 0.254 e. The first-order valence-electron chi connectivity index (χ1n) is 8.87. The van der Waals surface area contributed by atoms with Crippen LogP contribution in [0.25, 0.3) is 11.0 Å². The van der Waals surface area contributed by atoms with Gasteiger partial charge in [-0.25, -0.2) is 4.68 Å². The van der Waals surface area contributed by atoms with Gasteiger partial charge in [0, 0.05) is 31.6 Å². The first kappa shape index (κ1) is 16.3. The molecule has 10 heteroatoms. The SMILES string of the molecule is O=C1CCCN1Cc1cn(C2CN(C(=O)c3ccc4nsnc4c3)C2)nn1. The van der Waals surface area contributed by atoms with Crippen LogP contribution in [0.1, 0.15) is 34.9 Å². The van der Waals surface area contributed by atoms with Crippen molar-refractivity contribution in [3.63, 3.8) is 0 Å². The van der Waals surface area contributed by atoms with Gasteiger partial charge in [-0.05, 0) is 24.6 Å². The maximum absolute atomic E-state index is 12.6. The van der Waals surface area contributed by atoms with E-state index >= 15 is 0 Å². The summed E-state index contributed by atoms with van der Waals surface area (Å²) in [5.41, 5.74) is 2.97. The normalized spacial score (nSPS) is 17.7. The van der Waals surface area contributed by atoms with Crippen molar-refractivity contribution in [1.29, 1.82) is 0 Å². The summed E-state index contributed by atoms with van der Waals surface area (Å²) in [4.78, 5) is 28.0. The Labute approximate surface area is 158 Å². The fraction of sp³-hybridized carbons (Fsp3) is 0.412. The molecule has 0 radical (unpaired) electrons. The standard InChI is InChI=1S/C17H17N7O2S/c25-16-2-1-5-22(16)7-12-8-24(21-18-12)13-9-23(10-13)17(26)11-3-4-14-15(6-11)20-27-19-14/h3-4,6,8,13H,1-2,5,7,9-10H2. The van der Waals surface area contributed by atoms with E-state index in [4.69, 9.17) is 0 Å². The number of likely N-dealkylation sites (tertiary alicyclic amines) is 2. The van der Waals surface area contributed by atoms with E-state index in [2.05, 4.69) is 19.1 Å². The molecule has 1 aromatic carbocycles. The zero-order valence-corrected chi connectivity index (χ0v) is 15.3. The Morgan fingerprint density at radius 2 is 2.07 bits per heavy atom. The summed E-state index contributed by atoms with van der Waals surface area (Å²) in [7, 11) is 0. The second-order valence-electron chi connectivity index (χ2n) is 6.94. The maximum atomic E-state index is 12.6. The Hall–Kier alpha value is -2.88.